The largest absolute Gasteiger partial charge is 0.503 e. The molecule has 0 spiro atoms. The van der Waals surface area contributed by atoms with Gasteiger partial charge in [0.15, 0.2) is 11.4 Å². The third kappa shape index (κ3) is 3.42. The summed E-state index contributed by atoms with van der Waals surface area (Å²) in [4.78, 5) is 39.0. The first kappa shape index (κ1) is 20.0. The predicted molar refractivity (Wildman–Crippen MR) is 99.0 cm³/mol. The van der Waals surface area contributed by atoms with Gasteiger partial charge in [-0.2, -0.15) is 0 Å². The fourth-order valence-electron chi connectivity index (χ4n) is 3.88. The van der Waals surface area contributed by atoms with E-state index in [1.807, 2.05) is 0 Å². The molecule has 0 radical (unpaired) electrons. The molecular weight excluding hydrogens is 403 g/mol. The van der Waals surface area contributed by atoms with Crippen molar-refractivity contribution in [2.24, 2.45) is 0 Å². The molecule has 2 atom stereocenters. The highest BCUT2D eigenvalue weighted by Gasteiger charge is 2.38. The smallest absolute Gasteiger partial charge is 0.274 e. The summed E-state index contributed by atoms with van der Waals surface area (Å²) in [6.45, 7) is -0.225. The van der Waals surface area contributed by atoms with Crippen LogP contribution in [0.2, 0.25) is 0 Å². The summed E-state index contributed by atoms with van der Waals surface area (Å²) in [5.74, 6) is -4.07. The monoisotopic (exact) mass is 421 g/mol. The van der Waals surface area contributed by atoms with Crippen molar-refractivity contribution >= 4 is 11.8 Å². The molecule has 7 nitrogen and oxygen atoms in total. The second kappa shape index (κ2) is 7.51. The Morgan fingerprint density at radius 3 is 2.70 bits per heavy atom. The number of alkyl halides is 1. The molecule has 1 fully saturated rings. The first-order valence-electron chi connectivity index (χ1n) is 9.40. The van der Waals surface area contributed by atoms with Gasteiger partial charge in [0.2, 0.25) is 5.43 Å². The highest BCUT2D eigenvalue weighted by molar-refractivity contribution is 5.99. The SMILES string of the molecule is O=C(NCc1ccc(F)cc1F)c1cn2c(c(O)c1=O)C(=O)N1CC(F)CC[C@@H]2C1. The number of hydrogen-bond donors (Lipinski definition) is 2. The summed E-state index contributed by atoms with van der Waals surface area (Å²) < 4.78 is 42.0. The lowest BCUT2D eigenvalue weighted by molar-refractivity contribution is 0.0646. The van der Waals surface area contributed by atoms with Crippen molar-refractivity contribution in [3.8, 4) is 5.75 Å². The molecule has 2 aliphatic heterocycles. The molecule has 0 saturated carbocycles. The van der Waals surface area contributed by atoms with E-state index in [9.17, 15) is 32.7 Å². The molecule has 1 aromatic carbocycles. The third-order valence-electron chi connectivity index (χ3n) is 5.46. The van der Waals surface area contributed by atoms with Gasteiger partial charge in [-0.3, -0.25) is 14.4 Å². The van der Waals surface area contributed by atoms with Crippen molar-refractivity contribution in [2.75, 3.05) is 13.1 Å². The van der Waals surface area contributed by atoms with Gasteiger partial charge in [0.1, 0.15) is 23.4 Å². The van der Waals surface area contributed by atoms with Gasteiger partial charge in [-0.05, 0) is 18.9 Å². The van der Waals surface area contributed by atoms with Crippen LogP contribution in [-0.2, 0) is 6.54 Å². The zero-order valence-electron chi connectivity index (χ0n) is 15.7. The van der Waals surface area contributed by atoms with Crippen LogP contribution in [0.5, 0.6) is 5.75 Å². The molecule has 1 aromatic heterocycles. The Balaban J connectivity index is 1.66. The average molecular weight is 421 g/mol. The zero-order valence-corrected chi connectivity index (χ0v) is 15.7. The first-order valence-corrected chi connectivity index (χ1v) is 9.40. The number of nitrogens with zero attached hydrogens (tertiary/aromatic N) is 2. The number of rotatable bonds is 3. The maximum Gasteiger partial charge on any atom is 0.274 e. The summed E-state index contributed by atoms with van der Waals surface area (Å²) in [5, 5.41) is 12.7. The molecule has 2 amide bonds. The van der Waals surface area contributed by atoms with Crippen molar-refractivity contribution in [3.63, 3.8) is 0 Å². The normalized spacial score (nSPS) is 20.5. The molecule has 2 aromatic rings. The lowest BCUT2D eigenvalue weighted by Crippen LogP contribution is -2.45. The van der Waals surface area contributed by atoms with Crippen LogP contribution < -0.4 is 10.7 Å². The van der Waals surface area contributed by atoms with E-state index in [1.165, 1.54) is 15.7 Å². The van der Waals surface area contributed by atoms with Gasteiger partial charge in [-0.25, -0.2) is 13.2 Å². The molecule has 2 bridgehead atoms. The van der Waals surface area contributed by atoms with Gasteiger partial charge >= 0.3 is 0 Å². The van der Waals surface area contributed by atoms with Crippen molar-refractivity contribution in [3.05, 3.63) is 63.1 Å². The van der Waals surface area contributed by atoms with Gasteiger partial charge in [0.25, 0.3) is 11.8 Å². The molecule has 10 heteroatoms. The molecule has 3 heterocycles. The minimum Gasteiger partial charge on any atom is -0.503 e. The Hall–Kier alpha value is -3.30. The highest BCUT2D eigenvalue weighted by atomic mass is 19.1. The quantitative estimate of drug-likeness (QED) is 0.792. The number of hydrogen-bond acceptors (Lipinski definition) is 4. The Morgan fingerprint density at radius 2 is 1.97 bits per heavy atom. The Labute approximate surface area is 168 Å². The Bertz CT molecular complexity index is 1100. The van der Waals surface area contributed by atoms with Crippen LogP contribution in [0.25, 0.3) is 0 Å². The highest BCUT2D eigenvalue weighted by Crippen LogP contribution is 2.32. The van der Waals surface area contributed by atoms with E-state index in [1.54, 1.807) is 0 Å². The van der Waals surface area contributed by atoms with Crippen LogP contribution in [0.3, 0.4) is 0 Å². The van der Waals surface area contributed by atoms with Crippen molar-refractivity contribution in [2.45, 2.75) is 31.6 Å². The number of benzene rings is 1. The molecule has 2 N–H and O–H groups in total. The van der Waals surface area contributed by atoms with Gasteiger partial charge in [-0.1, -0.05) is 6.07 Å². The molecule has 1 unspecified atom stereocenters. The molecule has 158 valence electrons. The van der Waals surface area contributed by atoms with E-state index >= 15 is 0 Å². The van der Waals surface area contributed by atoms with Gasteiger partial charge < -0.3 is 19.9 Å². The van der Waals surface area contributed by atoms with E-state index in [2.05, 4.69) is 5.32 Å². The van der Waals surface area contributed by atoms with Crippen molar-refractivity contribution < 1.29 is 27.9 Å². The summed E-state index contributed by atoms with van der Waals surface area (Å²) >= 11 is 0. The van der Waals surface area contributed by atoms with E-state index in [-0.39, 0.29) is 37.3 Å². The van der Waals surface area contributed by atoms with Crippen LogP contribution in [0.15, 0.2) is 29.2 Å². The van der Waals surface area contributed by atoms with Crippen LogP contribution >= 0.6 is 0 Å². The molecular formula is C20H18F3N3O4. The number of nitrogens with one attached hydrogen (secondary N) is 1. The molecule has 30 heavy (non-hydrogen) atoms. The lowest BCUT2D eigenvalue weighted by atomic mass is 10.1. The van der Waals surface area contributed by atoms with Gasteiger partial charge in [0.05, 0.1) is 12.6 Å². The van der Waals surface area contributed by atoms with E-state index < -0.39 is 52.4 Å². The van der Waals surface area contributed by atoms with Crippen LogP contribution in [-0.4, -0.2) is 45.6 Å². The summed E-state index contributed by atoms with van der Waals surface area (Å²) in [6, 6.07) is 2.47. The van der Waals surface area contributed by atoms with E-state index in [4.69, 9.17) is 0 Å². The Morgan fingerprint density at radius 1 is 1.20 bits per heavy atom. The number of carbonyl (C=O) groups is 2. The second-order valence-electron chi connectivity index (χ2n) is 7.43. The molecule has 0 aliphatic carbocycles. The summed E-state index contributed by atoms with van der Waals surface area (Å²) in [7, 11) is 0. The second-order valence-corrected chi connectivity index (χ2v) is 7.43. The first-order chi connectivity index (χ1) is 14.3. The van der Waals surface area contributed by atoms with E-state index in [0.29, 0.717) is 12.5 Å². The zero-order chi connectivity index (χ0) is 21.6. The Kier molecular flexibility index (Phi) is 5.00. The topological polar surface area (TPSA) is 91.6 Å². The third-order valence-corrected chi connectivity index (χ3v) is 5.46. The average Bonchev–Trinajstić information content (AvgIpc) is 2.87. The minimum atomic E-state index is -1.21. The predicted octanol–water partition coefficient (Wildman–Crippen LogP) is 1.89. The number of pyridine rings is 1. The van der Waals surface area contributed by atoms with Crippen LogP contribution in [0.1, 0.15) is 45.3 Å². The number of carbonyl (C=O) groups excluding carboxylic acids is 2. The molecule has 2 aliphatic rings. The summed E-state index contributed by atoms with van der Waals surface area (Å²) in [5.41, 5.74) is -1.74. The van der Waals surface area contributed by atoms with Gasteiger partial charge in [-0.15, -0.1) is 0 Å². The van der Waals surface area contributed by atoms with Crippen molar-refractivity contribution in [1.82, 2.24) is 14.8 Å². The maximum atomic E-state index is 13.9. The molecule has 4 rings (SSSR count). The fraction of sp³-hybridized carbons (Fsp3) is 0.350. The van der Waals surface area contributed by atoms with Crippen LogP contribution in [0, 0.1) is 11.6 Å². The fourth-order valence-corrected chi connectivity index (χ4v) is 3.88. The van der Waals surface area contributed by atoms with E-state index in [0.717, 1.165) is 12.1 Å². The number of halogens is 3. The number of fused-ring (bicyclic) bond motifs is 4. The maximum absolute atomic E-state index is 13.9. The molecule has 1 saturated heterocycles. The number of amides is 2. The minimum absolute atomic E-state index is 0.00982. The summed E-state index contributed by atoms with van der Waals surface area (Å²) in [6.07, 6.45) is 0.525. The number of aromatic hydroxyl groups is 1. The van der Waals surface area contributed by atoms with Crippen LogP contribution in [0.4, 0.5) is 13.2 Å². The number of aromatic nitrogens is 1. The standard InChI is InChI=1S/C20H18F3N3O4/c21-11-2-1-10(15(23)5-11)6-24-19(29)14-9-26-13-4-3-12(22)7-25(8-13)20(30)16(26)18(28)17(14)27/h1-2,5,9,12-13,28H,3-4,6-8H2,(H,24,29)/t12?,13-/m1/s1. The van der Waals surface area contributed by atoms with Crippen molar-refractivity contribution in [1.29, 1.82) is 0 Å². The lowest BCUT2D eigenvalue weighted by Gasteiger charge is -2.34. The van der Waals surface area contributed by atoms with Gasteiger partial charge in [0, 0.05) is 30.9 Å².